The first kappa shape index (κ1) is 16.4. The highest BCUT2D eigenvalue weighted by atomic mass is 32.1. The summed E-state index contributed by atoms with van der Waals surface area (Å²) in [6.07, 6.45) is 1.79. The standard InChI is InChI=1S/C18H19N3O2S/c1-13(14-6-4-3-5-7-14)20(2)16(22)8-10-21-12-19-17-15(18(21)23)9-11-24-17/h3-7,9,11-13H,8,10H2,1-2H3/t13-/m1/s1. The zero-order valence-corrected chi connectivity index (χ0v) is 14.5. The summed E-state index contributed by atoms with van der Waals surface area (Å²) < 4.78 is 1.51. The Bertz CT molecular complexity index is 901. The van der Waals surface area contributed by atoms with Crippen LogP contribution in [-0.2, 0) is 11.3 Å². The normalized spacial score (nSPS) is 12.2. The van der Waals surface area contributed by atoms with Crippen molar-refractivity contribution in [2.45, 2.75) is 25.9 Å². The van der Waals surface area contributed by atoms with Gasteiger partial charge in [0.25, 0.3) is 5.56 Å². The molecule has 0 fully saturated rings. The molecule has 0 unspecified atom stereocenters. The lowest BCUT2D eigenvalue weighted by Crippen LogP contribution is -2.31. The first-order valence-electron chi connectivity index (χ1n) is 7.81. The predicted molar refractivity (Wildman–Crippen MR) is 96.1 cm³/mol. The first-order valence-corrected chi connectivity index (χ1v) is 8.69. The van der Waals surface area contributed by atoms with Crippen molar-refractivity contribution < 1.29 is 4.79 Å². The number of nitrogens with zero attached hydrogens (tertiary/aromatic N) is 3. The maximum Gasteiger partial charge on any atom is 0.262 e. The largest absolute Gasteiger partial charge is 0.339 e. The second-order valence-electron chi connectivity index (χ2n) is 5.72. The number of benzene rings is 1. The SMILES string of the molecule is C[C@H](c1ccccc1)N(C)C(=O)CCn1cnc2sccc2c1=O. The van der Waals surface area contributed by atoms with Gasteiger partial charge in [-0.2, -0.15) is 0 Å². The summed E-state index contributed by atoms with van der Waals surface area (Å²) >= 11 is 1.44. The van der Waals surface area contributed by atoms with Crippen molar-refractivity contribution in [1.82, 2.24) is 14.5 Å². The molecule has 1 amide bonds. The van der Waals surface area contributed by atoms with Crippen molar-refractivity contribution in [3.63, 3.8) is 0 Å². The summed E-state index contributed by atoms with van der Waals surface area (Å²) in [5, 5.41) is 2.46. The molecule has 0 spiro atoms. The summed E-state index contributed by atoms with van der Waals surface area (Å²) in [5.41, 5.74) is 1.000. The van der Waals surface area contributed by atoms with Crippen LogP contribution in [0.5, 0.6) is 0 Å². The van der Waals surface area contributed by atoms with Crippen LogP contribution in [0.15, 0.2) is 52.9 Å². The lowest BCUT2D eigenvalue weighted by molar-refractivity contribution is -0.132. The number of carbonyl (C=O) groups is 1. The van der Waals surface area contributed by atoms with Gasteiger partial charge in [0.1, 0.15) is 4.83 Å². The van der Waals surface area contributed by atoms with Gasteiger partial charge in [-0.05, 0) is 23.9 Å². The summed E-state index contributed by atoms with van der Waals surface area (Å²) in [6.45, 7) is 2.33. The van der Waals surface area contributed by atoms with Crippen molar-refractivity contribution in [1.29, 1.82) is 0 Å². The number of aromatic nitrogens is 2. The number of aryl methyl sites for hydroxylation is 1. The quantitative estimate of drug-likeness (QED) is 0.717. The van der Waals surface area contributed by atoms with Gasteiger partial charge in [-0.15, -0.1) is 11.3 Å². The smallest absolute Gasteiger partial charge is 0.262 e. The van der Waals surface area contributed by atoms with E-state index in [9.17, 15) is 9.59 Å². The molecule has 0 aliphatic carbocycles. The molecule has 6 heteroatoms. The van der Waals surface area contributed by atoms with Crippen LogP contribution in [0, 0.1) is 0 Å². The third kappa shape index (κ3) is 3.23. The van der Waals surface area contributed by atoms with Crippen LogP contribution in [0.3, 0.4) is 0 Å². The minimum Gasteiger partial charge on any atom is -0.339 e. The second kappa shape index (κ2) is 6.97. The summed E-state index contributed by atoms with van der Waals surface area (Å²) in [6, 6.07) is 11.7. The molecule has 3 aromatic rings. The number of amides is 1. The minimum atomic E-state index is -0.0900. The number of hydrogen-bond acceptors (Lipinski definition) is 4. The van der Waals surface area contributed by atoms with Gasteiger partial charge in [-0.25, -0.2) is 4.98 Å². The Labute approximate surface area is 144 Å². The van der Waals surface area contributed by atoms with Crippen LogP contribution in [0.4, 0.5) is 0 Å². The fourth-order valence-electron chi connectivity index (χ4n) is 2.62. The zero-order chi connectivity index (χ0) is 17.1. The summed E-state index contributed by atoms with van der Waals surface area (Å²) in [5.74, 6) is 0.00340. The van der Waals surface area contributed by atoms with Crippen LogP contribution in [-0.4, -0.2) is 27.4 Å². The molecule has 0 radical (unpaired) electrons. The van der Waals surface area contributed by atoms with Crippen molar-refractivity contribution >= 4 is 27.5 Å². The Morgan fingerprint density at radius 3 is 2.79 bits per heavy atom. The molecule has 0 N–H and O–H groups in total. The zero-order valence-electron chi connectivity index (χ0n) is 13.7. The highest BCUT2D eigenvalue weighted by molar-refractivity contribution is 7.16. The molecule has 2 heterocycles. The van der Waals surface area contributed by atoms with Gasteiger partial charge in [0.2, 0.25) is 5.91 Å². The van der Waals surface area contributed by atoms with E-state index in [2.05, 4.69) is 4.98 Å². The molecule has 3 rings (SSSR count). The van der Waals surface area contributed by atoms with Crippen LogP contribution in [0.2, 0.25) is 0 Å². The van der Waals surface area contributed by atoms with Crippen LogP contribution < -0.4 is 5.56 Å². The summed E-state index contributed by atoms with van der Waals surface area (Å²) in [7, 11) is 1.79. The van der Waals surface area contributed by atoms with Crippen LogP contribution in [0.25, 0.3) is 10.2 Å². The molecule has 0 saturated heterocycles. The molecular formula is C18H19N3O2S. The van der Waals surface area contributed by atoms with E-state index in [0.717, 1.165) is 10.4 Å². The van der Waals surface area contributed by atoms with E-state index < -0.39 is 0 Å². The number of rotatable bonds is 5. The Balaban J connectivity index is 1.68. The number of carbonyl (C=O) groups excluding carboxylic acids is 1. The third-order valence-corrected chi connectivity index (χ3v) is 5.09. The van der Waals surface area contributed by atoms with Gasteiger partial charge >= 0.3 is 0 Å². The third-order valence-electron chi connectivity index (χ3n) is 4.27. The van der Waals surface area contributed by atoms with E-state index in [4.69, 9.17) is 0 Å². The lowest BCUT2D eigenvalue weighted by Gasteiger charge is -2.25. The van der Waals surface area contributed by atoms with E-state index >= 15 is 0 Å². The maximum atomic E-state index is 12.4. The van der Waals surface area contributed by atoms with E-state index in [1.165, 1.54) is 22.2 Å². The maximum absolute atomic E-state index is 12.4. The van der Waals surface area contributed by atoms with E-state index in [0.29, 0.717) is 11.9 Å². The predicted octanol–water partition coefficient (Wildman–Crippen LogP) is 3.07. The average molecular weight is 341 g/mol. The molecule has 124 valence electrons. The van der Waals surface area contributed by atoms with Gasteiger partial charge in [0, 0.05) is 20.0 Å². The second-order valence-corrected chi connectivity index (χ2v) is 6.62. The van der Waals surface area contributed by atoms with Gasteiger partial charge < -0.3 is 4.90 Å². The van der Waals surface area contributed by atoms with E-state index in [1.807, 2.05) is 42.6 Å². The number of fused-ring (bicyclic) bond motifs is 1. The molecule has 0 bridgehead atoms. The topological polar surface area (TPSA) is 55.2 Å². The Morgan fingerprint density at radius 2 is 2.04 bits per heavy atom. The lowest BCUT2D eigenvalue weighted by atomic mass is 10.1. The molecular weight excluding hydrogens is 322 g/mol. The highest BCUT2D eigenvalue weighted by Gasteiger charge is 2.17. The van der Waals surface area contributed by atoms with E-state index in [-0.39, 0.29) is 23.9 Å². The Morgan fingerprint density at radius 1 is 1.29 bits per heavy atom. The molecule has 5 nitrogen and oxygen atoms in total. The molecule has 24 heavy (non-hydrogen) atoms. The monoisotopic (exact) mass is 341 g/mol. The fourth-order valence-corrected chi connectivity index (χ4v) is 3.34. The van der Waals surface area contributed by atoms with Crippen molar-refractivity contribution in [2.75, 3.05) is 7.05 Å². The molecule has 0 saturated carbocycles. The average Bonchev–Trinajstić information content (AvgIpc) is 3.10. The van der Waals surface area contributed by atoms with Gasteiger partial charge in [-0.3, -0.25) is 14.2 Å². The van der Waals surface area contributed by atoms with Crippen LogP contribution >= 0.6 is 11.3 Å². The van der Waals surface area contributed by atoms with Crippen molar-refractivity contribution in [3.05, 3.63) is 64.0 Å². The summed E-state index contributed by atoms with van der Waals surface area (Å²) in [4.78, 5) is 31.5. The first-order chi connectivity index (χ1) is 11.6. The van der Waals surface area contributed by atoms with Crippen molar-refractivity contribution in [2.24, 2.45) is 0 Å². The molecule has 0 aliphatic rings. The van der Waals surface area contributed by atoms with Gasteiger partial charge in [0.15, 0.2) is 0 Å². The number of hydrogen-bond donors (Lipinski definition) is 0. The van der Waals surface area contributed by atoms with E-state index in [1.54, 1.807) is 18.0 Å². The molecule has 2 aromatic heterocycles. The van der Waals surface area contributed by atoms with Gasteiger partial charge in [-0.1, -0.05) is 30.3 Å². The molecule has 1 atom stereocenters. The Hall–Kier alpha value is -2.47. The number of thiophene rings is 1. The van der Waals surface area contributed by atoms with Crippen LogP contribution in [0.1, 0.15) is 24.9 Å². The molecule has 0 aliphatic heterocycles. The Kier molecular flexibility index (Phi) is 4.76. The minimum absolute atomic E-state index is 0.00340. The highest BCUT2D eigenvalue weighted by Crippen LogP contribution is 2.19. The molecule has 1 aromatic carbocycles. The van der Waals surface area contributed by atoms with Crippen molar-refractivity contribution in [3.8, 4) is 0 Å². The fraction of sp³-hybridized carbons (Fsp3) is 0.278. The van der Waals surface area contributed by atoms with Gasteiger partial charge in [0.05, 0.1) is 17.8 Å².